The molecule has 0 radical (unpaired) electrons. The van der Waals surface area contributed by atoms with Gasteiger partial charge in [-0.05, 0) is 49.9 Å². The van der Waals surface area contributed by atoms with Gasteiger partial charge < -0.3 is 10.1 Å². The van der Waals surface area contributed by atoms with Gasteiger partial charge in [-0.1, -0.05) is 45.7 Å². The minimum absolute atomic E-state index is 0.575. The number of hydrogen-bond acceptors (Lipinski definition) is 2. The first-order valence-electron chi connectivity index (χ1n) is 8.08. The fourth-order valence-electron chi connectivity index (χ4n) is 2.71. The maximum absolute atomic E-state index is 5.87. The van der Waals surface area contributed by atoms with Crippen molar-refractivity contribution in [1.82, 2.24) is 5.32 Å². The monoisotopic (exact) mass is 277 g/mol. The maximum atomic E-state index is 5.87. The van der Waals surface area contributed by atoms with Gasteiger partial charge in [-0.15, -0.1) is 0 Å². The second kappa shape index (κ2) is 9.82. The van der Waals surface area contributed by atoms with E-state index in [-0.39, 0.29) is 0 Å². The average molecular weight is 277 g/mol. The summed E-state index contributed by atoms with van der Waals surface area (Å²) in [4.78, 5) is 0. The molecule has 20 heavy (non-hydrogen) atoms. The van der Waals surface area contributed by atoms with E-state index in [1.165, 1.54) is 24.8 Å². The van der Waals surface area contributed by atoms with Gasteiger partial charge in [0.2, 0.25) is 0 Å². The second-order valence-corrected chi connectivity index (χ2v) is 5.84. The molecule has 0 saturated carbocycles. The van der Waals surface area contributed by atoms with Crippen molar-refractivity contribution < 1.29 is 4.74 Å². The third-order valence-electron chi connectivity index (χ3n) is 3.69. The van der Waals surface area contributed by atoms with Crippen molar-refractivity contribution in [3.05, 3.63) is 29.8 Å². The standard InChI is InChI=1S/C18H31NO/c1-5-8-15(3)13-17(19-6-2)11-12-20-18-10-7-9-16(4)14-18/h7,9-10,14-15,17,19H,5-6,8,11-13H2,1-4H3. The first-order chi connectivity index (χ1) is 9.65. The highest BCUT2D eigenvalue weighted by Gasteiger charge is 2.12. The minimum atomic E-state index is 0.575. The second-order valence-electron chi connectivity index (χ2n) is 5.84. The Morgan fingerprint density at radius 1 is 1.20 bits per heavy atom. The molecule has 2 unspecified atom stereocenters. The van der Waals surface area contributed by atoms with Gasteiger partial charge in [0.25, 0.3) is 0 Å². The van der Waals surface area contributed by atoms with Crippen LogP contribution in [0.15, 0.2) is 24.3 Å². The van der Waals surface area contributed by atoms with E-state index in [4.69, 9.17) is 4.74 Å². The molecule has 1 aromatic carbocycles. The lowest BCUT2D eigenvalue weighted by Crippen LogP contribution is -2.32. The molecular formula is C18H31NO. The Labute approximate surface area is 124 Å². The zero-order valence-electron chi connectivity index (χ0n) is 13.6. The fourth-order valence-corrected chi connectivity index (χ4v) is 2.71. The van der Waals surface area contributed by atoms with Crippen LogP contribution in [-0.4, -0.2) is 19.2 Å². The van der Waals surface area contributed by atoms with Crippen LogP contribution in [0.3, 0.4) is 0 Å². The van der Waals surface area contributed by atoms with E-state index in [1.54, 1.807) is 0 Å². The van der Waals surface area contributed by atoms with E-state index in [0.717, 1.165) is 31.2 Å². The van der Waals surface area contributed by atoms with Gasteiger partial charge in [-0.2, -0.15) is 0 Å². The van der Waals surface area contributed by atoms with E-state index < -0.39 is 0 Å². The Morgan fingerprint density at radius 3 is 2.65 bits per heavy atom. The quantitative estimate of drug-likeness (QED) is 0.676. The van der Waals surface area contributed by atoms with Gasteiger partial charge in [-0.25, -0.2) is 0 Å². The van der Waals surface area contributed by atoms with E-state index in [1.807, 2.05) is 6.07 Å². The van der Waals surface area contributed by atoms with E-state index >= 15 is 0 Å². The van der Waals surface area contributed by atoms with Crippen LogP contribution in [0.1, 0.15) is 52.0 Å². The third kappa shape index (κ3) is 6.95. The summed E-state index contributed by atoms with van der Waals surface area (Å²) < 4.78 is 5.87. The first kappa shape index (κ1) is 17.0. The van der Waals surface area contributed by atoms with Gasteiger partial charge in [0.05, 0.1) is 6.61 Å². The van der Waals surface area contributed by atoms with Crippen LogP contribution >= 0.6 is 0 Å². The van der Waals surface area contributed by atoms with E-state index in [0.29, 0.717) is 6.04 Å². The summed E-state index contributed by atoms with van der Waals surface area (Å²) in [7, 11) is 0. The number of ether oxygens (including phenoxy) is 1. The smallest absolute Gasteiger partial charge is 0.119 e. The van der Waals surface area contributed by atoms with E-state index in [2.05, 4.69) is 51.2 Å². The molecular weight excluding hydrogens is 246 g/mol. The van der Waals surface area contributed by atoms with Crippen molar-refractivity contribution in [3.63, 3.8) is 0 Å². The Bertz CT molecular complexity index is 364. The number of aryl methyl sites for hydroxylation is 1. The molecule has 2 atom stereocenters. The summed E-state index contributed by atoms with van der Waals surface area (Å²) >= 11 is 0. The lowest BCUT2D eigenvalue weighted by Gasteiger charge is -2.21. The summed E-state index contributed by atoms with van der Waals surface area (Å²) in [6.45, 7) is 10.7. The van der Waals surface area contributed by atoms with Crippen LogP contribution in [0.4, 0.5) is 0 Å². The molecule has 0 saturated heterocycles. The van der Waals surface area contributed by atoms with Gasteiger partial charge in [0.1, 0.15) is 5.75 Å². The normalized spacial score (nSPS) is 14.0. The molecule has 0 aliphatic carbocycles. The van der Waals surface area contributed by atoms with Crippen LogP contribution in [-0.2, 0) is 0 Å². The SMILES string of the molecule is CCCC(C)CC(CCOc1cccc(C)c1)NCC. The average Bonchev–Trinajstić information content (AvgIpc) is 2.39. The van der Waals surface area contributed by atoms with Crippen molar-refractivity contribution in [1.29, 1.82) is 0 Å². The molecule has 0 bridgehead atoms. The number of benzene rings is 1. The topological polar surface area (TPSA) is 21.3 Å². The molecule has 114 valence electrons. The molecule has 0 fully saturated rings. The number of nitrogens with one attached hydrogen (secondary N) is 1. The third-order valence-corrected chi connectivity index (χ3v) is 3.69. The Kier molecular flexibility index (Phi) is 8.36. The molecule has 0 spiro atoms. The van der Waals surface area contributed by atoms with E-state index in [9.17, 15) is 0 Å². The largest absolute Gasteiger partial charge is 0.494 e. The molecule has 0 aromatic heterocycles. The summed E-state index contributed by atoms with van der Waals surface area (Å²) in [5.74, 6) is 1.78. The van der Waals surface area contributed by atoms with Crippen molar-refractivity contribution in [2.75, 3.05) is 13.2 Å². The van der Waals surface area contributed by atoms with Crippen molar-refractivity contribution >= 4 is 0 Å². The van der Waals surface area contributed by atoms with Crippen LogP contribution in [0.5, 0.6) is 5.75 Å². The van der Waals surface area contributed by atoms with Crippen molar-refractivity contribution in [2.45, 2.75) is 59.4 Å². The molecule has 1 aromatic rings. The van der Waals surface area contributed by atoms with Crippen LogP contribution in [0.25, 0.3) is 0 Å². The van der Waals surface area contributed by atoms with Crippen LogP contribution in [0.2, 0.25) is 0 Å². The van der Waals surface area contributed by atoms with Gasteiger partial charge in [-0.3, -0.25) is 0 Å². The molecule has 0 heterocycles. The molecule has 0 aliphatic rings. The zero-order chi connectivity index (χ0) is 14.8. The van der Waals surface area contributed by atoms with Crippen LogP contribution in [0, 0.1) is 12.8 Å². The highest BCUT2D eigenvalue weighted by atomic mass is 16.5. The zero-order valence-corrected chi connectivity index (χ0v) is 13.6. The highest BCUT2D eigenvalue weighted by Crippen LogP contribution is 2.16. The van der Waals surface area contributed by atoms with Crippen molar-refractivity contribution in [2.24, 2.45) is 5.92 Å². The molecule has 0 aliphatic heterocycles. The Hall–Kier alpha value is -1.02. The number of hydrogen-bond donors (Lipinski definition) is 1. The minimum Gasteiger partial charge on any atom is -0.494 e. The van der Waals surface area contributed by atoms with Gasteiger partial charge >= 0.3 is 0 Å². The summed E-state index contributed by atoms with van der Waals surface area (Å²) in [5, 5.41) is 3.59. The fraction of sp³-hybridized carbons (Fsp3) is 0.667. The Balaban J connectivity index is 2.34. The first-order valence-corrected chi connectivity index (χ1v) is 8.08. The van der Waals surface area contributed by atoms with Gasteiger partial charge in [0, 0.05) is 6.04 Å². The highest BCUT2D eigenvalue weighted by molar-refractivity contribution is 5.27. The maximum Gasteiger partial charge on any atom is 0.119 e. The molecule has 2 heteroatoms. The van der Waals surface area contributed by atoms with Crippen molar-refractivity contribution in [3.8, 4) is 5.75 Å². The predicted molar refractivity (Wildman–Crippen MR) is 87.4 cm³/mol. The Morgan fingerprint density at radius 2 is 2.00 bits per heavy atom. The molecule has 1 rings (SSSR count). The molecule has 0 amide bonds. The van der Waals surface area contributed by atoms with Gasteiger partial charge in [0.15, 0.2) is 0 Å². The predicted octanol–water partition coefficient (Wildman–Crippen LogP) is 4.57. The molecule has 2 nitrogen and oxygen atoms in total. The van der Waals surface area contributed by atoms with Crippen LogP contribution < -0.4 is 10.1 Å². The lowest BCUT2D eigenvalue weighted by molar-refractivity contribution is 0.268. The lowest BCUT2D eigenvalue weighted by atomic mass is 9.96. The molecule has 1 N–H and O–H groups in total. The number of rotatable bonds is 10. The summed E-state index contributed by atoms with van der Waals surface area (Å²) in [6, 6.07) is 8.86. The summed E-state index contributed by atoms with van der Waals surface area (Å²) in [5.41, 5.74) is 1.25. The summed E-state index contributed by atoms with van der Waals surface area (Å²) in [6.07, 6.45) is 4.93.